The summed E-state index contributed by atoms with van der Waals surface area (Å²) in [5.74, 6) is -0.872. The third-order valence-corrected chi connectivity index (χ3v) is 2.66. The Morgan fingerprint density at radius 1 is 1.72 bits per heavy atom. The normalized spacial score (nSPS) is 12.9. The van der Waals surface area contributed by atoms with Crippen LogP contribution in [-0.2, 0) is 19.2 Å². The van der Waals surface area contributed by atoms with E-state index in [0.29, 0.717) is 17.1 Å². The van der Waals surface area contributed by atoms with Crippen LogP contribution in [-0.4, -0.2) is 36.7 Å². The van der Waals surface area contributed by atoms with Gasteiger partial charge >= 0.3 is 5.97 Å². The minimum Gasteiger partial charge on any atom is -0.469 e. The van der Waals surface area contributed by atoms with Gasteiger partial charge in [-0.05, 0) is 6.92 Å². The number of ether oxygens (including phenoxy) is 1. The van der Waals surface area contributed by atoms with Gasteiger partial charge < -0.3 is 15.3 Å². The molecule has 2 N–H and O–H groups in total. The number of aldehydes is 1. The second-order valence-corrected chi connectivity index (χ2v) is 4.28. The number of carbonyl (C=O) groups is 2. The zero-order chi connectivity index (χ0) is 13.5. The van der Waals surface area contributed by atoms with Crippen molar-refractivity contribution in [1.82, 2.24) is 4.98 Å². The first-order valence-electron chi connectivity index (χ1n) is 5.02. The lowest BCUT2D eigenvalue weighted by Gasteiger charge is -2.06. The van der Waals surface area contributed by atoms with Crippen molar-refractivity contribution >= 4 is 34.4 Å². The Labute approximate surface area is 108 Å². The smallest absolute Gasteiger partial charge is 0.311 e. The van der Waals surface area contributed by atoms with E-state index in [4.69, 9.17) is 10.6 Å². The van der Waals surface area contributed by atoms with Crippen LogP contribution in [0.15, 0.2) is 10.5 Å². The molecule has 98 valence electrons. The lowest BCUT2D eigenvalue weighted by atomic mass is 10.2. The molecule has 0 radical (unpaired) electrons. The Morgan fingerprint density at radius 2 is 2.44 bits per heavy atom. The van der Waals surface area contributed by atoms with Gasteiger partial charge in [-0.1, -0.05) is 5.16 Å². The van der Waals surface area contributed by atoms with Crippen molar-refractivity contribution in [3.05, 3.63) is 11.1 Å². The van der Waals surface area contributed by atoms with Crippen LogP contribution >= 0.6 is 11.3 Å². The second-order valence-electron chi connectivity index (χ2n) is 3.39. The Hall–Kier alpha value is -1.96. The van der Waals surface area contributed by atoms with E-state index < -0.39 is 11.9 Å². The minimum atomic E-state index is -0.466. The number of methoxy groups -OCH3 is 1. The Kier molecular flexibility index (Phi) is 5.25. The average molecular weight is 271 g/mol. The second kappa shape index (κ2) is 6.70. The molecular formula is C10H13N3O4S. The number of anilines is 1. The predicted molar refractivity (Wildman–Crippen MR) is 66.3 cm³/mol. The summed E-state index contributed by atoms with van der Waals surface area (Å²) in [5, 5.41) is 5.54. The zero-order valence-electron chi connectivity index (χ0n) is 9.95. The van der Waals surface area contributed by atoms with Crippen LogP contribution in [0.3, 0.4) is 0 Å². The number of carbonyl (C=O) groups excluding carboxylic acids is 2. The van der Waals surface area contributed by atoms with Gasteiger partial charge in [0, 0.05) is 5.38 Å². The molecule has 1 aromatic heterocycles. The summed E-state index contributed by atoms with van der Waals surface area (Å²) in [5.41, 5.74) is 5.81. The van der Waals surface area contributed by atoms with Crippen molar-refractivity contribution in [2.45, 2.75) is 6.92 Å². The number of nitrogens with two attached hydrogens (primary N) is 1. The number of nitrogen functional groups attached to an aromatic ring is 1. The van der Waals surface area contributed by atoms with Crippen molar-refractivity contribution in [1.29, 1.82) is 0 Å². The van der Waals surface area contributed by atoms with Gasteiger partial charge in [-0.2, -0.15) is 0 Å². The molecule has 0 saturated heterocycles. The molecule has 1 unspecified atom stereocenters. The molecule has 0 aliphatic heterocycles. The monoisotopic (exact) mass is 271 g/mol. The average Bonchev–Trinajstić information content (AvgIpc) is 2.79. The van der Waals surface area contributed by atoms with E-state index in [2.05, 4.69) is 14.9 Å². The highest BCUT2D eigenvalue weighted by Crippen LogP contribution is 2.11. The lowest BCUT2D eigenvalue weighted by Crippen LogP contribution is -2.18. The van der Waals surface area contributed by atoms with Gasteiger partial charge in [-0.25, -0.2) is 4.98 Å². The van der Waals surface area contributed by atoms with Crippen molar-refractivity contribution in [2.24, 2.45) is 11.1 Å². The van der Waals surface area contributed by atoms with Crippen molar-refractivity contribution < 1.29 is 19.2 Å². The first-order valence-corrected chi connectivity index (χ1v) is 5.90. The first kappa shape index (κ1) is 14.1. The van der Waals surface area contributed by atoms with Crippen molar-refractivity contribution in [2.75, 3.05) is 19.5 Å². The largest absolute Gasteiger partial charge is 0.469 e. The van der Waals surface area contributed by atoms with E-state index >= 15 is 0 Å². The third kappa shape index (κ3) is 3.81. The fourth-order valence-corrected chi connectivity index (χ4v) is 1.58. The molecule has 1 rings (SSSR count). The number of thiazole rings is 1. The molecular weight excluding hydrogens is 258 g/mol. The summed E-state index contributed by atoms with van der Waals surface area (Å²) in [6.45, 7) is 1.65. The van der Waals surface area contributed by atoms with E-state index in [-0.39, 0.29) is 12.3 Å². The van der Waals surface area contributed by atoms with Gasteiger partial charge in [-0.3, -0.25) is 9.59 Å². The molecule has 7 nitrogen and oxygen atoms in total. The number of aromatic nitrogens is 1. The van der Waals surface area contributed by atoms with E-state index in [1.165, 1.54) is 18.4 Å². The summed E-state index contributed by atoms with van der Waals surface area (Å²) in [4.78, 5) is 30.7. The molecule has 0 fully saturated rings. The van der Waals surface area contributed by atoms with Gasteiger partial charge in [0.2, 0.25) is 0 Å². The summed E-state index contributed by atoms with van der Waals surface area (Å²) in [7, 11) is 1.29. The van der Waals surface area contributed by atoms with Crippen molar-refractivity contribution in [3.8, 4) is 0 Å². The highest BCUT2D eigenvalue weighted by Gasteiger charge is 2.14. The summed E-state index contributed by atoms with van der Waals surface area (Å²) in [6.07, 6.45) is 0.511. The molecule has 0 aromatic carbocycles. The van der Waals surface area contributed by atoms with Crippen LogP contribution in [0.1, 0.15) is 12.6 Å². The number of rotatable bonds is 6. The van der Waals surface area contributed by atoms with E-state index in [9.17, 15) is 9.59 Å². The molecule has 0 saturated carbocycles. The minimum absolute atomic E-state index is 0.0175. The molecule has 8 heteroatoms. The SMILES string of the molecule is COC(=O)C(C)CO/N=C(\C=O)c1csc(N)n1. The van der Waals surface area contributed by atoms with Crippen LogP contribution in [0, 0.1) is 5.92 Å². The maximum Gasteiger partial charge on any atom is 0.311 e. The predicted octanol–water partition coefficient (Wildman–Crippen LogP) is 0.454. The quantitative estimate of drug-likeness (QED) is 0.349. The topological polar surface area (TPSA) is 104 Å². The Morgan fingerprint density at radius 3 is 2.94 bits per heavy atom. The highest BCUT2D eigenvalue weighted by molar-refractivity contribution is 7.13. The Bertz CT molecular complexity index is 458. The van der Waals surface area contributed by atoms with Crippen LogP contribution in [0.5, 0.6) is 0 Å². The van der Waals surface area contributed by atoms with Crippen LogP contribution in [0.4, 0.5) is 5.13 Å². The summed E-state index contributed by atoms with van der Waals surface area (Å²) in [6, 6.07) is 0. The van der Waals surface area contributed by atoms with Gasteiger partial charge in [-0.15, -0.1) is 11.3 Å². The lowest BCUT2D eigenvalue weighted by molar-refractivity contribution is -0.146. The van der Waals surface area contributed by atoms with Gasteiger partial charge in [0.25, 0.3) is 0 Å². The summed E-state index contributed by atoms with van der Waals surface area (Å²) >= 11 is 1.19. The van der Waals surface area contributed by atoms with Gasteiger partial charge in [0.15, 0.2) is 17.1 Å². The molecule has 0 aliphatic carbocycles. The first-order chi connectivity index (χ1) is 8.58. The summed E-state index contributed by atoms with van der Waals surface area (Å²) < 4.78 is 4.52. The highest BCUT2D eigenvalue weighted by atomic mass is 32.1. The zero-order valence-corrected chi connectivity index (χ0v) is 10.8. The maximum atomic E-state index is 11.1. The van der Waals surface area contributed by atoms with Gasteiger partial charge in [0.05, 0.1) is 13.0 Å². The number of hydrogen-bond donors (Lipinski definition) is 1. The molecule has 1 heterocycles. The van der Waals surface area contributed by atoms with Gasteiger partial charge in [0.1, 0.15) is 12.3 Å². The third-order valence-electron chi connectivity index (χ3n) is 1.99. The number of oxime groups is 1. The standard InChI is InChI=1S/C10H13N3O4S/c1-6(9(15)16-2)4-17-13-7(3-14)8-5-18-10(11)12-8/h3,5-6H,4H2,1-2H3,(H2,11,12)/b13-7+. The number of hydrogen-bond acceptors (Lipinski definition) is 8. The molecule has 1 atom stereocenters. The number of esters is 1. The molecule has 0 aliphatic rings. The molecule has 1 aromatic rings. The van der Waals surface area contributed by atoms with E-state index in [1.807, 2.05) is 0 Å². The molecule has 18 heavy (non-hydrogen) atoms. The van der Waals surface area contributed by atoms with Crippen molar-refractivity contribution in [3.63, 3.8) is 0 Å². The molecule has 0 bridgehead atoms. The molecule has 0 amide bonds. The number of nitrogens with zero attached hydrogens (tertiary/aromatic N) is 2. The van der Waals surface area contributed by atoms with Crippen LogP contribution < -0.4 is 5.73 Å². The van der Waals surface area contributed by atoms with E-state index in [0.717, 1.165) is 0 Å². The molecule has 0 spiro atoms. The van der Waals surface area contributed by atoms with Crippen LogP contribution in [0.2, 0.25) is 0 Å². The Balaban J connectivity index is 2.59. The maximum absolute atomic E-state index is 11.1. The fraction of sp³-hybridized carbons (Fsp3) is 0.400. The van der Waals surface area contributed by atoms with E-state index in [1.54, 1.807) is 12.3 Å². The van der Waals surface area contributed by atoms with Crippen LogP contribution in [0.25, 0.3) is 0 Å². The fourth-order valence-electron chi connectivity index (χ4n) is 1.02.